The molecule has 7 heteroatoms. The number of rotatable bonds is 8. The molecule has 6 nitrogen and oxygen atoms in total. The normalized spacial score (nSPS) is 15.6. The van der Waals surface area contributed by atoms with Crippen molar-refractivity contribution in [2.24, 2.45) is 11.1 Å². The fraction of sp³-hybridized carbons (Fsp3) is 0.364. The number of hydrogen-bond acceptors (Lipinski definition) is 4. The van der Waals surface area contributed by atoms with Crippen LogP contribution in [-0.4, -0.2) is 43.0 Å². The van der Waals surface area contributed by atoms with Gasteiger partial charge in [-0.2, -0.15) is 0 Å². The molecule has 1 aliphatic heterocycles. The lowest BCUT2D eigenvalue weighted by Gasteiger charge is -2.41. The lowest BCUT2D eigenvalue weighted by atomic mass is 9.76. The summed E-state index contributed by atoms with van der Waals surface area (Å²) < 4.78 is 11.5. The number of halogens is 1. The van der Waals surface area contributed by atoms with Crippen molar-refractivity contribution in [3.05, 3.63) is 59.6 Å². The zero-order valence-corrected chi connectivity index (χ0v) is 16.9. The highest BCUT2D eigenvalue weighted by Crippen LogP contribution is 2.35. The molecule has 1 heterocycles. The highest BCUT2D eigenvalue weighted by Gasteiger charge is 2.38. The van der Waals surface area contributed by atoms with Gasteiger partial charge in [0, 0.05) is 29.9 Å². The van der Waals surface area contributed by atoms with Crippen molar-refractivity contribution >= 4 is 23.4 Å². The summed E-state index contributed by atoms with van der Waals surface area (Å²) in [5.41, 5.74) is 5.12. The van der Waals surface area contributed by atoms with Gasteiger partial charge in [0.05, 0.1) is 6.61 Å². The van der Waals surface area contributed by atoms with Crippen molar-refractivity contribution in [2.75, 3.05) is 26.3 Å². The standard InChI is InChI=1S/C22H25ClN2O4/c23-17-6-8-19(9-7-17)28-15-21(27)25-12-10-22(11-13-25,14-20(24)26)16-29-18-4-2-1-3-5-18/h1-9H,10-16H2,(H2,24,26). The van der Waals surface area contributed by atoms with Crippen LogP contribution in [0.3, 0.4) is 0 Å². The monoisotopic (exact) mass is 416 g/mol. The molecule has 0 spiro atoms. The summed E-state index contributed by atoms with van der Waals surface area (Å²) in [5, 5.41) is 0.614. The van der Waals surface area contributed by atoms with E-state index >= 15 is 0 Å². The molecule has 0 saturated carbocycles. The van der Waals surface area contributed by atoms with Gasteiger partial charge in [0.1, 0.15) is 11.5 Å². The van der Waals surface area contributed by atoms with E-state index in [1.54, 1.807) is 29.2 Å². The number of hydrogen-bond donors (Lipinski definition) is 1. The smallest absolute Gasteiger partial charge is 0.260 e. The molecule has 1 aliphatic rings. The van der Waals surface area contributed by atoms with E-state index in [9.17, 15) is 9.59 Å². The fourth-order valence-electron chi connectivity index (χ4n) is 3.49. The van der Waals surface area contributed by atoms with Gasteiger partial charge in [0.2, 0.25) is 5.91 Å². The zero-order chi connectivity index (χ0) is 20.7. The first kappa shape index (κ1) is 21.0. The Bertz CT molecular complexity index is 818. The quantitative estimate of drug-likeness (QED) is 0.715. The van der Waals surface area contributed by atoms with Crippen molar-refractivity contribution < 1.29 is 19.1 Å². The molecule has 2 N–H and O–H groups in total. The summed E-state index contributed by atoms with van der Waals surface area (Å²) >= 11 is 5.85. The van der Waals surface area contributed by atoms with Gasteiger partial charge in [0.25, 0.3) is 5.91 Å². The van der Waals surface area contributed by atoms with Gasteiger partial charge in [-0.3, -0.25) is 9.59 Å². The number of likely N-dealkylation sites (tertiary alicyclic amines) is 1. The number of para-hydroxylation sites is 1. The number of amides is 2. The van der Waals surface area contributed by atoms with Crippen LogP contribution >= 0.6 is 11.6 Å². The number of ether oxygens (including phenoxy) is 2. The average Bonchev–Trinajstić information content (AvgIpc) is 2.72. The SMILES string of the molecule is NC(=O)CC1(COc2ccccc2)CCN(C(=O)COc2ccc(Cl)cc2)CC1. The van der Waals surface area contributed by atoms with E-state index in [2.05, 4.69) is 0 Å². The first-order valence-electron chi connectivity index (χ1n) is 9.58. The lowest BCUT2D eigenvalue weighted by Crippen LogP contribution is -2.48. The molecular formula is C22H25ClN2O4. The second-order valence-corrected chi connectivity index (χ2v) is 7.80. The van der Waals surface area contributed by atoms with Crippen LogP contribution in [0, 0.1) is 5.41 Å². The van der Waals surface area contributed by atoms with Crippen LogP contribution in [0.4, 0.5) is 0 Å². The summed E-state index contributed by atoms with van der Waals surface area (Å²) in [4.78, 5) is 25.9. The van der Waals surface area contributed by atoms with Gasteiger partial charge in [-0.1, -0.05) is 29.8 Å². The molecule has 1 fully saturated rings. The number of benzene rings is 2. The molecule has 29 heavy (non-hydrogen) atoms. The van der Waals surface area contributed by atoms with Crippen LogP contribution < -0.4 is 15.2 Å². The van der Waals surface area contributed by atoms with Crippen LogP contribution in [0.1, 0.15) is 19.3 Å². The average molecular weight is 417 g/mol. The van der Waals surface area contributed by atoms with E-state index in [1.165, 1.54) is 0 Å². The van der Waals surface area contributed by atoms with Crippen LogP contribution in [0.2, 0.25) is 5.02 Å². The van der Waals surface area contributed by atoms with Crippen molar-refractivity contribution in [2.45, 2.75) is 19.3 Å². The van der Waals surface area contributed by atoms with Gasteiger partial charge in [-0.25, -0.2) is 0 Å². The zero-order valence-electron chi connectivity index (χ0n) is 16.2. The summed E-state index contributed by atoms with van der Waals surface area (Å²) in [5.74, 6) is 0.912. The first-order valence-corrected chi connectivity index (χ1v) is 9.96. The van der Waals surface area contributed by atoms with Crippen LogP contribution in [0.25, 0.3) is 0 Å². The Kier molecular flexibility index (Phi) is 6.99. The van der Waals surface area contributed by atoms with E-state index in [0.29, 0.717) is 43.3 Å². The van der Waals surface area contributed by atoms with E-state index in [-0.39, 0.29) is 30.3 Å². The number of nitrogens with two attached hydrogens (primary N) is 1. The Labute approximate surface area is 175 Å². The maximum Gasteiger partial charge on any atom is 0.260 e. The third-order valence-electron chi connectivity index (χ3n) is 5.19. The molecule has 154 valence electrons. The second kappa shape index (κ2) is 9.65. The van der Waals surface area contributed by atoms with E-state index in [4.69, 9.17) is 26.8 Å². The van der Waals surface area contributed by atoms with E-state index in [1.807, 2.05) is 30.3 Å². The third-order valence-corrected chi connectivity index (χ3v) is 5.44. The van der Waals surface area contributed by atoms with Crippen molar-refractivity contribution in [3.63, 3.8) is 0 Å². The van der Waals surface area contributed by atoms with Crippen LogP contribution in [-0.2, 0) is 9.59 Å². The minimum atomic E-state index is -0.366. The number of carbonyl (C=O) groups is 2. The third kappa shape index (κ3) is 6.12. The van der Waals surface area contributed by atoms with Gasteiger partial charge < -0.3 is 20.1 Å². The van der Waals surface area contributed by atoms with Gasteiger partial charge in [-0.15, -0.1) is 0 Å². The Balaban J connectivity index is 1.53. The van der Waals surface area contributed by atoms with Gasteiger partial charge in [0.15, 0.2) is 6.61 Å². The van der Waals surface area contributed by atoms with Crippen molar-refractivity contribution in [1.29, 1.82) is 0 Å². The van der Waals surface area contributed by atoms with E-state index in [0.717, 1.165) is 5.75 Å². The van der Waals surface area contributed by atoms with Crippen LogP contribution in [0.5, 0.6) is 11.5 Å². The molecule has 2 aromatic rings. The van der Waals surface area contributed by atoms with Crippen molar-refractivity contribution in [3.8, 4) is 11.5 Å². The highest BCUT2D eigenvalue weighted by molar-refractivity contribution is 6.30. The molecule has 0 atom stereocenters. The number of carbonyl (C=O) groups excluding carboxylic acids is 2. The highest BCUT2D eigenvalue weighted by atomic mass is 35.5. The largest absolute Gasteiger partial charge is 0.493 e. The summed E-state index contributed by atoms with van der Waals surface area (Å²) in [6, 6.07) is 16.4. The lowest BCUT2D eigenvalue weighted by molar-refractivity contribution is -0.136. The maximum absolute atomic E-state index is 12.5. The van der Waals surface area contributed by atoms with Gasteiger partial charge >= 0.3 is 0 Å². The summed E-state index contributed by atoms with van der Waals surface area (Å²) in [6.45, 7) is 1.43. The Hall–Kier alpha value is -2.73. The number of piperidine rings is 1. The molecule has 0 radical (unpaired) electrons. The second-order valence-electron chi connectivity index (χ2n) is 7.37. The first-order chi connectivity index (χ1) is 14.0. The molecule has 3 rings (SSSR count). The predicted octanol–water partition coefficient (Wildman–Crippen LogP) is 3.28. The molecule has 0 unspecified atom stereocenters. The van der Waals surface area contributed by atoms with E-state index < -0.39 is 0 Å². The molecule has 2 aromatic carbocycles. The molecule has 1 saturated heterocycles. The maximum atomic E-state index is 12.5. The van der Waals surface area contributed by atoms with Crippen LogP contribution in [0.15, 0.2) is 54.6 Å². The Morgan fingerprint density at radius 1 is 0.966 bits per heavy atom. The molecular weight excluding hydrogens is 392 g/mol. The number of nitrogens with zero attached hydrogens (tertiary/aromatic N) is 1. The molecule has 2 amide bonds. The minimum absolute atomic E-state index is 0.0367. The Morgan fingerprint density at radius 2 is 1.59 bits per heavy atom. The molecule has 0 aliphatic carbocycles. The van der Waals surface area contributed by atoms with Gasteiger partial charge in [-0.05, 0) is 49.2 Å². The predicted molar refractivity (Wildman–Crippen MR) is 111 cm³/mol. The topological polar surface area (TPSA) is 81.9 Å². The summed E-state index contributed by atoms with van der Waals surface area (Å²) in [7, 11) is 0. The summed E-state index contributed by atoms with van der Waals surface area (Å²) in [6.07, 6.45) is 1.54. The molecule has 0 aromatic heterocycles. The number of primary amides is 1. The minimum Gasteiger partial charge on any atom is -0.493 e. The molecule has 0 bridgehead atoms. The fourth-order valence-corrected chi connectivity index (χ4v) is 3.62. The van der Waals surface area contributed by atoms with Crippen molar-refractivity contribution in [1.82, 2.24) is 4.90 Å². The Morgan fingerprint density at radius 3 is 2.21 bits per heavy atom.